The van der Waals surface area contributed by atoms with E-state index in [1.807, 2.05) is 20.8 Å². The van der Waals surface area contributed by atoms with Gasteiger partial charge in [0.1, 0.15) is 17.0 Å². The molecule has 4 atom stereocenters. The molecule has 0 aliphatic carbocycles. The Kier molecular flexibility index (Phi) is 9.32. The summed E-state index contributed by atoms with van der Waals surface area (Å²) < 4.78 is 36.7. The maximum atomic E-state index is 15.8. The SMILES string of the molecule is CC(=O)OCC1CCN(C(=O)[C@@H]2N[C@@H](CC(C)(C)C)[C@](C#N)(c3ccc(Cl)cc3F)[C@H]2c2cccc(Cl)c2F)CC1. The zero-order chi connectivity index (χ0) is 30.1. The highest BCUT2D eigenvalue weighted by atomic mass is 35.5. The number of nitrogens with zero attached hydrogens (tertiary/aromatic N) is 2. The van der Waals surface area contributed by atoms with Crippen molar-refractivity contribution in [3.05, 3.63) is 69.2 Å². The number of ether oxygens (including phenoxy) is 1. The van der Waals surface area contributed by atoms with Crippen molar-refractivity contribution < 1.29 is 23.1 Å². The largest absolute Gasteiger partial charge is 0.466 e. The summed E-state index contributed by atoms with van der Waals surface area (Å²) in [6, 6.07) is 9.21. The fourth-order valence-electron chi connectivity index (χ4n) is 6.30. The van der Waals surface area contributed by atoms with E-state index in [1.165, 1.54) is 31.2 Å². The Hall–Kier alpha value is -2.73. The van der Waals surface area contributed by atoms with Gasteiger partial charge in [0.05, 0.1) is 23.7 Å². The maximum Gasteiger partial charge on any atom is 0.302 e. The highest BCUT2D eigenvalue weighted by Gasteiger charge is 2.61. The van der Waals surface area contributed by atoms with E-state index in [0.29, 0.717) is 32.4 Å². The first-order chi connectivity index (χ1) is 19.3. The lowest BCUT2D eigenvalue weighted by Gasteiger charge is -2.38. The Balaban J connectivity index is 1.83. The van der Waals surface area contributed by atoms with Gasteiger partial charge in [-0.05, 0) is 54.4 Å². The molecule has 1 N–H and O–H groups in total. The van der Waals surface area contributed by atoms with Gasteiger partial charge in [-0.1, -0.05) is 62.2 Å². The van der Waals surface area contributed by atoms with Crippen LogP contribution in [0.1, 0.15) is 64.0 Å². The summed E-state index contributed by atoms with van der Waals surface area (Å²) in [7, 11) is 0. The van der Waals surface area contributed by atoms with Crippen molar-refractivity contribution in [1.82, 2.24) is 10.2 Å². The number of esters is 1. The van der Waals surface area contributed by atoms with Crippen LogP contribution < -0.4 is 5.32 Å². The van der Waals surface area contributed by atoms with Crippen LogP contribution in [0.2, 0.25) is 10.0 Å². The molecule has 2 aliphatic rings. The summed E-state index contributed by atoms with van der Waals surface area (Å²) in [5.41, 5.74) is -1.87. The van der Waals surface area contributed by atoms with Gasteiger partial charge >= 0.3 is 5.97 Å². The molecule has 0 unspecified atom stereocenters. The Morgan fingerprint density at radius 3 is 2.44 bits per heavy atom. The summed E-state index contributed by atoms with van der Waals surface area (Å²) in [6.45, 7) is 8.45. The van der Waals surface area contributed by atoms with Gasteiger partial charge in [-0.3, -0.25) is 9.59 Å². The third kappa shape index (κ3) is 6.38. The molecule has 2 aliphatic heterocycles. The van der Waals surface area contributed by atoms with Crippen molar-refractivity contribution in [2.24, 2.45) is 11.3 Å². The number of rotatable bonds is 6. The van der Waals surface area contributed by atoms with Crippen LogP contribution in [0, 0.1) is 34.3 Å². The lowest BCUT2D eigenvalue weighted by atomic mass is 9.62. The highest BCUT2D eigenvalue weighted by Crippen LogP contribution is 2.53. The molecule has 4 rings (SSSR count). The van der Waals surface area contributed by atoms with E-state index in [-0.39, 0.29) is 51.0 Å². The second-order valence-electron chi connectivity index (χ2n) is 12.3. The van der Waals surface area contributed by atoms with Crippen molar-refractivity contribution in [1.29, 1.82) is 5.26 Å². The van der Waals surface area contributed by atoms with Crippen molar-refractivity contribution in [2.45, 2.75) is 70.4 Å². The molecule has 10 heteroatoms. The van der Waals surface area contributed by atoms with Gasteiger partial charge in [0.2, 0.25) is 5.91 Å². The third-order valence-corrected chi connectivity index (χ3v) is 8.69. The van der Waals surface area contributed by atoms with Crippen LogP contribution in [0.5, 0.6) is 0 Å². The number of hydrogen-bond donors (Lipinski definition) is 1. The number of likely N-dealkylation sites (tertiary alicyclic amines) is 1. The molecule has 0 spiro atoms. The summed E-state index contributed by atoms with van der Waals surface area (Å²) in [6.07, 6.45) is 1.65. The van der Waals surface area contributed by atoms with Gasteiger partial charge in [0, 0.05) is 42.6 Å². The minimum atomic E-state index is -1.67. The van der Waals surface area contributed by atoms with Crippen molar-refractivity contribution in [2.75, 3.05) is 19.7 Å². The smallest absolute Gasteiger partial charge is 0.302 e. The fourth-order valence-corrected chi connectivity index (χ4v) is 6.64. The fraction of sp³-hybridized carbons (Fsp3) is 0.516. The molecule has 2 aromatic rings. The molecule has 0 aromatic heterocycles. The molecule has 0 radical (unpaired) electrons. The van der Waals surface area contributed by atoms with Crippen LogP contribution in [0.25, 0.3) is 0 Å². The molecule has 2 heterocycles. The van der Waals surface area contributed by atoms with E-state index in [9.17, 15) is 14.9 Å². The standard InChI is InChI=1S/C31H35Cl2F2N3O3/c1-18(39)41-16-19-10-12-38(13-11-19)29(40)28-26(21-6-5-7-23(33)27(21)35)31(17-36,25(37-28)15-30(2,3)4)22-9-8-20(32)14-24(22)34/h5-9,14,19,25-26,28,37H,10-13,15-16H2,1-4H3/t25-,26-,28+,31-/m0/s1. The van der Waals surface area contributed by atoms with E-state index in [1.54, 1.807) is 11.0 Å². The predicted molar refractivity (Wildman–Crippen MR) is 154 cm³/mol. The highest BCUT2D eigenvalue weighted by molar-refractivity contribution is 6.31. The molecule has 0 bridgehead atoms. The average Bonchev–Trinajstić information content (AvgIpc) is 3.21. The van der Waals surface area contributed by atoms with E-state index in [2.05, 4.69) is 11.4 Å². The second-order valence-corrected chi connectivity index (χ2v) is 13.1. The van der Waals surface area contributed by atoms with Gasteiger partial charge in [-0.15, -0.1) is 0 Å². The molecule has 2 saturated heterocycles. The van der Waals surface area contributed by atoms with Gasteiger partial charge in [-0.25, -0.2) is 8.78 Å². The van der Waals surface area contributed by atoms with Crippen LogP contribution in [0.3, 0.4) is 0 Å². The minimum Gasteiger partial charge on any atom is -0.466 e. The monoisotopic (exact) mass is 605 g/mol. The third-order valence-electron chi connectivity index (χ3n) is 8.16. The Bertz CT molecular complexity index is 1350. The number of carbonyl (C=O) groups excluding carboxylic acids is 2. The number of amides is 1. The number of carbonyl (C=O) groups is 2. The zero-order valence-corrected chi connectivity index (χ0v) is 25.2. The summed E-state index contributed by atoms with van der Waals surface area (Å²) >= 11 is 12.3. The maximum absolute atomic E-state index is 15.8. The molecule has 41 heavy (non-hydrogen) atoms. The first kappa shape index (κ1) is 31.2. The normalized spacial score (nSPS) is 25.1. The van der Waals surface area contributed by atoms with E-state index < -0.39 is 35.1 Å². The number of nitrogens with one attached hydrogen (secondary N) is 1. The molecule has 0 saturated carbocycles. The summed E-state index contributed by atoms with van der Waals surface area (Å²) in [5, 5.41) is 14.4. The van der Waals surface area contributed by atoms with Crippen LogP contribution in [-0.2, 0) is 19.7 Å². The number of benzene rings is 2. The Morgan fingerprint density at radius 2 is 1.85 bits per heavy atom. The molecule has 1 amide bonds. The van der Waals surface area contributed by atoms with Gasteiger partial charge in [0.15, 0.2) is 0 Å². The number of nitriles is 1. The Morgan fingerprint density at radius 1 is 1.17 bits per heavy atom. The minimum absolute atomic E-state index is 0.0471. The van der Waals surface area contributed by atoms with Crippen molar-refractivity contribution in [3.63, 3.8) is 0 Å². The molecule has 2 aromatic carbocycles. The number of hydrogen-bond acceptors (Lipinski definition) is 5. The Labute approximate surface area is 249 Å². The lowest BCUT2D eigenvalue weighted by molar-refractivity contribution is -0.144. The molecule has 6 nitrogen and oxygen atoms in total. The van der Waals surface area contributed by atoms with Crippen LogP contribution in [0.15, 0.2) is 36.4 Å². The van der Waals surface area contributed by atoms with E-state index in [4.69, 9.17) is 27.9 Å². The van der Waals surface area contributed by atoms with Crippen LogP contribution >= 0.6 is 23.2 Å². The first-order valence-electron chi connectivity index (χ1n) is 13.8. The molecular weight excluding hydrogens is 571 g/mol. The van der Waals surface area contributed by atoms with Gasteiger partial charge in [-0.2, -0.15) is 5.26 Å². The lowest BCUT2D eigenvalue weighted by Crippen LogP contribution is -2.50. The molecule has 220 valence electrons. The van der Waals surface area contributed by atoms with Crippen LogP contribution in [0.4, 0.5) is 8.78 Å². The van der Waals surface area contributed by atoms with Crippen molar-refractivity contribution >= 4 is 35.1 Å². The topological polar surface area (TPSA) is 82.4 Å². The molecule has 2 fully saturated rings. The summed E-state index contributed by atoms with van der Waals surface area (Å²) in [4.78, 5) is 27.2. The second kappa shape index (κ2) is 12.2. The number of halogens is 4. The van der Waals surface area contributed by atoms with Crippen molar-refractivity contribution in [3.8, 4) is 6.07 Å². The van der Waals surface area contributed by atoms with Gasteiger partial charge < -0.3 is 15.0 Å². The van der Waals surface area contributed by atoms with Gasteiger partial charge in [0.25, 0.3) is 0 Å². The molecular formula is C31H35Cl2F2N3O3. The van der Waals surface area contributed by atoms with E-state index >= 15 is 8.78 Å². The summed E-state index contributed by atoms with van der Waals surface area (Å²) in [5.74, 6) is -3.07. The van der Waals surface area contributed by atoms with Crippen LogP contribution in [-0.4, -0.2) is 48.6 Å². The quantitative estimate of drug-likeness (QED) is 0.385. The zero-order valence-electron chi connectivity index (χ0n) is 23.6. The first-order valence-corrected chi connectivity index (χ1v) is 14.5. The average molecular weight is 607 g/mol. The van der Waals surface area contributed by atoms with E-state index in [0.717, 1.165) is 6.07 Å². The predicted octanol–water partition coefficient (Wildman–Crippen LogP) is 6.40. The number of piperidine rings is 1.